The van der Waals surface area contributed by atoms with Crippen LogP contribution in [0.3, 0.4) is 0 Å². The van der Waals surface area contributed by atoms with Crippen LogP contribution in [-0.2, 0) is 9.53 Å². The van der Waals surface area contributed by atoms with E-state index in [9.17, 15) is 4.79 Å². The molecule has 1 saturated heterocycles. The van der Waals surface area contributed by atoms with E-state index in [1.807, 2.05) is 0 Å². The zero-order valence-electron chi connectivity index (χ0n) is 6.38. The average Bonchev–Trinajstić information content (AvgIpc) is 2.40. The van der Waals surface area contributed by atoms with E-state index in [1.165, 1.54) is 6.08 Å². The smallest absolute Gasteiger partial charge is 0.240 e. The van der Waals surface area contributed by atoms with Crippen LogP contribution in [0.2, 0.25) is 0 Å². The largest absolute Gasteiger partial charge is 0.381 e. The van der Waals surface area contributed by atoms with E-state index in [1.54, 1.807) is 0 Å². The molecule has 11 heavy (non-hydrogen) atoms. The van der Waals surface area contributed by atoms with E-state index >= 15 is 0 Å². The van der Waals surface area contributed by atoms with Gasteiger partial charge in [-0.15, -0.1) is 0 Å². The quantitative estimate of drug-likeness (QED) is 0.452. The number of allylic oxidation sites excluding steroid dienone is 1. The molecule has 60 valence electrons. The fourth-order valence-corrected chi connectivity index (χ4v) is 1.19. The molecular formula is C8H11NO2. The summed E-state index contributed by atoms with van der Waals surface area (Å²) >= 11 is 0. The van der Waals surface area contributed by atoms with E-state index in [4.69, 9.17) is 4.74 Å². The van der Waals surface area contributed by atoms with Crippen molar-refractivity contribution in [3.8, 4) is 0 Å². The lowest BCUT2D eigenvalue weighted by Gasteiger charge is -2.03. The number of nitrogens with zero attached hydrogens (tertiary/aromatic N) is 1. The molecule has 1 fully saturated rings. The summed E-state index contributed by atoms with van der Waals surface area (Å²) in [6.07, 6.45) is 3.28. The van der Waals surface area contributed by atoms with Gasteiger partial charge in [-0.25, -0.2) is 4.79 Å². The molecule has 1 aliphatic rings. The Kier molecular flexibility index (Phi) is 3.02. The van der Waals surface area contributed by atoms with Crippen LogP contribution in [0.1, 0.15) is 12.8 Å². The summed E-state index contributed by atoms with van der Waals surface area (Å²) in [5.41, 5.74) is 0.607. The zero-order valence-corrected chi connectivity index (χ0v) is 6.38. The van der Waals surface area contributed by atoms with Crippen molar-refractivity contribution in [2.75, 3.05) is 13.2 Å². The summed E-state index contributed by atoms with van der Waals surface area (Å²) in [5.74, 6) is 0.500. The second-order valence-corrected chi connectivity index (χ2v) is 2.70. The van der Waals surface area contributed by atoms with Gasteiger partial charge in [-0.05, 0) is 18.8 Å². The van der Waals surface area contributed by atoms with Crippen LogP contribution < -0.4 is 0 Å². The van der Waals surface area contributed by atoms with Crippen molar-refractivity contribution < 1.29 is 9.53 Å². The van der Waals surface area contributed by atoms with Crippen molar-refractivity contribution in [2.24, 2.45) is 10.9 Å². The second kappa shape index (κ2) is 4.06. The van der Waals surface area contributed by atoms with Crippen LogP contribution in [-0.4, -0.2) is 19.3 Å². The SMILES string of the molecule is C=C(CC1CCOC1)N=C=O. The minimum absolute atomic E-state index is 0.500. The Morgan fingerprint density at radius 2 is 2.64 bits per heavy atom. The molecule has 3 heteroatoms. The Balaban J connectivity index is 2.29. The molecule has 1 atom stereocenters. The van der Waals surface area contributed by atoms with Gasteiger partial charge in [0.2, 0.25) is 6.08 Å². The minimum Gasteiger partial charge on any atom is -0.381 e. The van der Waals surface area contributed by atoms with E-state index in [0.717, 1.165) is 26.1 Å². The molecule has 1 rings (SSSR count). The second-order valence-electron chi connectivity index (χ2n) is 2.70. The highest BCUT2D eigenvalue weighted by molar-refractivity contribution is 5.36. The number of carbonyl (C=O) groups excluding carboxylic acids is 1. The van der Waals surface area contributed by atoms with Gasteiger partial charge >= 0.3 is 0 Å². The molecule has 1 unspecified atom stereocenters. The lowest BCUT2D eigenvalue weighted by atomic mass is 10.0. The molecule has 0 spiro atoms. The van der Waals surface area contributed by atoms with E-state index in [0.29, 0.717) is 11.6 Å². The van der Waals surface area contributed by atoms with Crippen LogP contribution in [0.15, 0.2) is 17.3 Å². The topological polar surface area (TPSA) is 38.7 Å². The summed E-state index contributed by atoms with van der Waals surface area (Å²) in [4.78, 5) is 13.2. The van der Waals surface area contributed by atoms with Crippen LogP contribution in [0, 0.1) is 5.92 Å². The maximum Gasteiger partial charge on any atom is 0.240 e. The number of aliphatic imine (C=N–C) groups is 1. The van der Waals surface area contributed by atoms with Gasteiger partial charge in [0, 0.05) is 18.9 Å². The number of ether oxygens (including phenoxy) is 1. The van der Waals surface area contributed by atoms with Gasteiger partial charge in [0.25, 0.3) is 0 Å². The first-order chi connectivity index (χ1) is 5.33. The zero-order chi connectivity index (χ0) is 8.10. The monoisotopic (exact) mass is 153 g/mol. The lowest BCUT2D eigenvalue weighted by Crippen LogP contribution is -1.98. The van der Waals surface area contributed by atoms with Crippen LogP contribution in [0.4, 0.5) is 0 Å². The number of rotatable bonds is 3. The third kappa shape index (κ3) is 2.66. The van der Waals surface area contributed by atoms with Gasteiger partial charge in [-0.3, -0.25) is 0 Å². The van der Waals surface area contributed by atoms with Crippen molar-refractivity contribution in [1.82, 2.24) is 0 Å². The maximum absolute atomic E-state index is 9.81. The summed E-state index contributed by atoms with van der Waals surface area (Å²) < 4.78 is 5.15. The molecule has 3 nitrogen and oxygen atoms in total. The highest BCUT2D eigenvalue weighted by Gasteiger charge is 2.15. The first kappa shape index (κ1) is 8.18. The van der Waals surface area contributed by atoms with E-state index in [-0.39, 0.29) is 0 Å². The van der Waals surface area contributed by atoms with Crippen molar-refractivity contribution in [1.29, 1.82) is 0 Å². The number of isocyanates is 1. The summed E-state index contributed by atoms with van der Waals surface area (Å²) in [6.45, 7) is 5.22. The van der Waals surface area contributed by atoms with Crippen LogP contribution >= 0.6 is 0 Å². The first-order valence-corrected chi connectivity index (χ1v) is 3.66. The molecule has 0 aromatic heterocycles. The molecular weight excluding hydrogens is 142 g/mol. The lowest BCUT2D eigenvalue weighted by molar-refractivity contribution is 0.186. The highest BCUT2D eigenvalue weighted by Crippen LogP contribution is 2.20. The fourth-order valence-electron chi connectivity index (χ4n) is 1.19. The Morgan fingerprint density at radius 3 is 3.18 bits per heavy atom. The van der Waals surface area contributed by atoms with Gasteiger partial charge in [0.05, 0.1) is 0 Å². The fraction of sp³-hybridized carbons (Fsp3) is 0.625. The molecule has 0 bridgehead atoms. The maximum atomic E-state index is 9.81. The average molecular weight is 153 g/mol. The Labute approximate surface area is 65.8 Å². The summed E-state index contributed by atoms with van der Waals surface area (Å²) in [7, 11) is 0. The standard InChI is InChI=1S/C8H11NO2/c1-7(9-6-10)4-8-2-3-11-5-8/h8H,1-5H2. The number of hydrogen-bond acceptors (Lipinski definition) is 3. The third-order valence-electron chi connectivity index (χ3n) is 1.75. The summed E-state index contributed by atoms with van der Waals surface area (Å²) in [5, 5.41) is 0. The minimum atomic E-state index is 0.500. The summed E-state index contributed by atoms with van der Waals surface area (Å²) in [6, 6.07) is 0. The molecule has 0 aliphatic carbocycles. The highest BCUT2D eigenvalue weighted by atomic mass is 16.5. The van der Waals surface area contributed by atoms with Gasteiger partial charge in [0.15, 0.2) is 0 Å². The predicted molar refractivity (Wildman–Crippen MR) is 40.8 cm³/mol. The van der Waals surface area contributed by atoms with E-state index in [2.05, 4.69) is 11.6 Å². The normalized spacial score (nSPS) is 22.7. The van der Waals surface area contributed by atoms with Crippen molar-refractivity contribution in [3.05, 3.63) is 12.3 Å². The van der Waals surface area contributed by atoms with Gasteiger partial charge in [-0.2, -0.15) is 4.99 Å². The van der Waals surface area contributed by atoms with Crippen molar-refractivity contribution >= 4 is 6.08 Å². The third-order valence-corrected chi connectivity index (χ3v) is 1.75. The molecule has 0 aromatic carbocycles. The molecule has 1 heterocycles. The van der Waals surface area contributed by atoms with E-state index < -0.39 is 0 Å². The van der Waals surface area contributed by atoms with Crippen LogP contribution in [0.5, 0.6) is 0 Å². The predicted octanol–water partition coefficient (Wildman–Crippen LogP) is 1.26. The molecule has 0 saturated carbocycles. The number of hydrogen-bond donors (Lipinski definition) is 0. The van der Waals surface area contributed by atoms with Gasteiger partial charge in [-0.1, -0.05) is 6.58 Å². The van der Waals surface area contributed by atoms with Crippen molar-refractivity contribution in [2.45, 2.75) is 12.8 Å². The molecule has 0 radical (unpaired) electrons. The Hall–Kier alpha value is -0.920. The molecule has 0 amide bonds. The van der Waals surface area contributed by atoms with Gasteiger partial charge < -0.3 is 4.74 Å². The van der Waals surface area contributed by atoms with Gasteiger partial charge in [0.1, 0.15) is 0 Å². The molecule has 0 N–H and O–H groups in total. The Bertz CT molecular complexity index is 188. The molecule has 1 aliphatic heterocycles. The van der Waals surface area contributed by atoms with Crippen LogP contribution in [0.25, 0.3) is 0 Å². The Morgan fingerprint density at radius 1 is 1.82 bits per heavy atom. The van der Waals surface area contributed by atoms with Crippen molar-refractivity contribution in [3.63, 3.8) is 0 Å². The molecule has 0 aromatic rings. The first-order valence-electron chi connectivity index (χ1n) is 3.66.